The van der Waals surface area contributed by atoms with E-state index in [0.717, 1.165) is 24.5 Å². The minimum absolute atomic E-state index is 0.689. The van der Waals surface area contributed by atoms with Crippen LogP contribution in [0.1, 0.15) is 31.2 Å². The summed E-state index contributed by atoms with van der Waals surface area (Å²) in [6.07, 6.45) is 3.07. The van der Waals surface area contributed by atoms with Crippen molar-refractivity contribution >= 4 is 11.3 Å². The SMILES string of the molecule is CCc1ccc(-c2ncc(CNCC(C)C)s2)cc1. The normalized spacial score (nSPS) is 11.2. The van der Waals surface area contributed by atoms with Crippen LogP contribution in [-0.2, 0) is 13.0 Å². The molecule has 0 radical (unpaired) electrons. The molecule has 2 rings (SSSR count). The number of aryl methyl sites for hydroxylation is 1. The molecule has 0 unspecified atom stereocenters. The van der Waals surface area contributed by atoms with Gasteiger partial charge in [-0.05, 0) is 24.4 Å². The molecule has 0 atom stereocenters. The molecule has 0 saturated carbocycles. The van der Waals surface area contributed by atoms with Gasteiger partial charge in [0.2, 0.25) is 0 Å². The Morgan fingerprint density at radius 3 is 2.58 bits per heavy atom. The summed E-state index contributed by atoms with van der Waals surface area (Å²) >= 11 is 1.78. The summed E-state index contributed by atoms with van der Waals surface area (Å²) < 4.78 is 0. The molecule has 1 heterocycles. The van der Waals surface area contributed by atoms with Gasteiger partial charge in [0.25, 0.3) is 0 Å². The Bertz CT molecular complexity index is 500. The highest BCUT2D eigenvalue weighted by Crippen LogP contribution is 2.25. The van der Waals surface area contributed by atoms with E-state index in [1.54, 1.807) is 11.3 Å². The average molecular weight is 274 g/mol. The zero-order valence-electron chi connectivity index (χ0n) is 11.9. The van der Waals surface area contributed by atoms with E-state index in [4.69, 9.17) is 0 Å². The van der Waals surface area contributed by atoms with E-state index >= 15 is 0 Å². The number of hydrogen-bond donors (Lipinski definition) is 1. The zero-order chi connectivity index (χ0) is 13.7. The third kappa shape index (κ3) is 4.15. The molecule has 0 aliphatic rings. The minimum atomic E-state index is 0.689. The second-order valence-corrected chi connectivity index (χ2v) is 6.32. The lowest BCUT2D eigenvalue weighted by molar-refractivity contribution is 0.554. The maximum Gasteiger partial charge on any atom is 0.123 e. The first-order valence-electron chi connectivity index (χ1n) is 6.93. The Morgan fingerprint density at radius 2 is 1.95 bits per heavy atom. The molecule has 1 aromatic heterocycles. The van der Waals surface area contributed by atoms with E-state index in [2.05, 4.69) is 55.3 Å². The van der Waals surface area contributed by atoms with Gasteiger partial charge >= 0.3 is 0 Å². The van der Waals surface area contributed by atoms with Crippen molar-refractivity contribution in [1.29, 1.82) is 0 Å². The summed E-state index contributed by atoms with van der Waals surface area (Å²) in [5, 5.41) is 4.57. The van der Waals surface area contributed by atoms with Gasteiger partial charge in [-0.25, -0.2) is 4.98 Å². The van der Waals surface area contributed by atoms with Crippen molar-refractivity contribution in [1.82, 2.24) is 10.3 Å². The molecule has 0 aliphatic heterocycles. The predicted molar refractivity (Wildman–Crippen MR) is 83.5 cm³/mol. The molecule has 102 valence electrons. The molecule has 0 bridgehead atoms. The van der Waals surface area contributed by atoms with Crippen LogP contribution < -0.4 is 5.32 Å². The first-order valence-corrected chi connectivity index (χ1v) is 7.75. The summed E-state index contributed by atoms with van der Waals surface area (Å²) in [6, 6.07) is 8.72. The Hall–Kier alpha value is -1.19. The van der Waals surface area contributed by atoms with Crippen molar-refractivity contribution in [3.8, 4) is 10.6 Å². The maximum atomic E-state index is 4.52. The lowest BCUT2D eigenvalue weighted by Crippen LogP contribution is -2.18. The van der Waals surface area contributed by atoms with Crippen molar-refractivity contribution in [3.05, 3.63) is 40.9 Å². The standard InChI is InChI=1S/C16H22N2S/c1-4-13-5-7-14(8-6-13)16-18-11-15(19-16)10-17-9-12(2)3/h5-8,11-12,17H,4,9-10H2,1-3H3. The first-order chi connectivity index (χ1) is 9.19. The molecule has 2 nitrogen and oxygen atoms in total. The maximum absolute atomic E-state index is 4.52. The first kappa shape index (κ1) is 14.2. The Morgan fingerprint density at radius 1 is 1.21 bits per heavy atom. The second-order valence-electron chi connectivity index (χ2n) is 5.21. The van der Waals surface area contributed by atoms with Gasteiger partial charge in [0.05, 0.1) is 0 Å². The van der Waals surface area contributed by atoms with E-state index in [0.29, 0.717) is 5.92 Å². The summed E-state index contributed by atoms with van der Waals surface area (Å²) in [7, 11) is 0. The van der Waals surface area contributed by atoms with E-state index in [-0.39, 0.29) is 0 Å². The number of nitrogens with zero attached hydrogens (tertiary/aromatic N) is 1. The third-order valence-electron chi connectivity index (χ3n) is 3.01. The number of benzene rings is 1. The molecule has 0 saturated heterocycles. The van der Waals surface area contributed by atoms with Crippen LogP contribution in [0.4, 0.5) is 0 Å². The number of rotatable bonds is 6. The smallest absolute Gasteiger partial charge is 0.123 e. The van der Waals surface area contributed by atoms with Gasteiger partial charge in [0, 0.05) is 23.2 Å². The topological polar surface area (TPSA) is 24.9 Å². The summed E-state index contributed by atoms with van der Waals surface area (Å²) in [6.45, 7) is 8.60. The quantitative estimate of drug-likeness (QED) is 0.857. The van der Waals surface area contributed by atoms with Gasteiger partial charge in [0.15, 0.2) is 0 Å². The zero-order valence-corrected chi connectivity index (χ0v) is 12.8. The van der Waals surface area contributed by atoms with Crippen LogP contribution in [0.15, 0.2) is 30.5 Å². The van der Waals surface area contributed by atoms with Crippen LogP contribution in [0.5, 0.6) is 0 Å². The molecular weight excluding hydrogens is 252 g/mol. The van der Waals surface area contributed by atoms with Crippen LogP contribution in [0.3, 0.4) is 0 Å². The fourth-order valence-electron chi connectivity index (χ4n) is 1.89. The highest BCUT2D eigenvalue weighted by atomic mass is 32.1. The molecule has 0 amide bonds. The van der Waals surface area contributed by atoms with Gasteiger partial charge in [0.1, 0.15) is 5.01 Å². The highest BCUT2D eigenvalue weighted by molar-refractivity contribution is 7.15. The van der Waals surface area contributed by atoms with Gasteiger partial charge < -0.3 is 5.32 Å². The Labute approximate surface area is 119 Å². The van der Waals surface area contributed by atoms with E-state index in [9.17, 15) is 0 Å². The van der Waals surface area contributed by atoms with E-state index in [1.165, 1.54) is 16.0 Å². The molecular formula is C16H22N2S. The van der Waals surface area contributed by atoms with Crippen molar-refractivity contribution < 1.29 is 0 Å². The summed E-state index contributed by atoms with van der Waals surface area (Å²) in [5.41, 5.74) is 2.59. The summed E-state index contributed by atoms with van der Waals surface area (Å²) in [4.78, 5) is 5.82. The van der Waals surface area contributed by atoms with Crippen LogP contribution >= 0.6 is 11.3 Å². The number of thiazole rings is 1. The van der Waals surface area contributed by atoms with Gasteiger partial charge in [-0.2, -0.15) is 0 Å². The summed E-state index contributed by atoms with van der Waals surface area (Å²) in [5.74, 6) is 0.689. The number of aromatic nitrogens is 1. The van der Waals surface area contributed by atoms with Gasteiger partial charge in [-0.15, -0.1) is 11.3 Å². The van der Waals surface area contributed by atoms with Crippen LogP contribution in [0.2, 0.25) is 0 Å². The van der Waals surface area contributed by atoms with Crippen molar-refractivity contribution in [2.75, 3.05) is 6.54 Å². The predicted octanol–water partition coefficient (Wildman–Crippen LogP) is 4.12. The van der Waals surface area contributed by atoms with Crippen LogP contribution in [-0.4, -0.2) is 11.5 Å². The molecule has 1 N–H and O–H groups in total. The minimum Gasteiger partial charge on any atom is -0.312 e. The molecule has 2 aromatic rings. The van der Waals surface area contributed by atoms with Gasteiger partial charge in [-0.1, -0.05) is 45.0 Å². The average Bonchev–Trinajstić information content (AvgIpc) is 2.87. The van der Waals surface area contributed by atoms with Gasteiger partial charge in [-0.3, -0.25) is 0 Å². The fraction of sp³-hybridized carbons (Fsp3) is 0.438. The lowest BCUT2D eigenvalue weighted by Gasteiger charge is -2.04. The molecule has 1 aromatic carbocycles. The van der Waals surface area contributed by atoms with Crippen molar-refractivity contribution in [2.45, 2.75) is 33.7 Å². The molecule has 19 heavy (non-hydrogen) atoms. The molecule has 0 spiro atoms. The fourth-order valence-corrected chi connectivity index (χ4v) is 2.78. The highest BCUT2D eigenvalue weighted by Gasteiger charge is 2.04. The number of nitrogens with one attached hydrogen (secondary N) is 1. The van der Waals surface area contributed by atoms with E-state index < -0.39 is 0 Å². The number of hydrogen-bond acceptors (Lipinski definition) is 3. The van der Waals surface area contributed by atoms with Crippen molar-refractivity contribution in [3.63, 3.8) is 0 Å². The third-order valence-corrected chi connectivity index (χ3v) is 4.06. The Kier molecular flexibility index (Phi) is 5.11. The van der Waals surface area contributed by atoms with Crippen molar-refractivity contribution in [2.24, 2.45) is 5.92 Å². The monoisotopic (exact) mass is 274 g/mol. The molecule has 3 heteroatoms. The molecule has 0 fully saturated rings. The molecule has 0 aliphatic carbocycles. The van der Waals surface area contributed by atoms with Crippen LogP contribution in [0, 0.1) is 5.92 Å². The second kappa shape index (κ2) is 6.83. The lowest BCUT2D eigenvalue weighted by atomic mass is 10.1. The van der Waals surface area contributed by atoms with Crippen LogP contribution in [0.25, 0.3) is 10.6 Å². The van der Waals surface area contributed by atoms with E-state index in [1.807, 2.05) is 6.20 Å². The Balaban J connectivity index is 1.99. The largest absolute Gasteiger partial charge is 0.312 e.